The van der Waals surface area contributed by atoms with Crippen molar-refractivity contribution >= 4 is 32.4 Å². The first-order chi connectivity index (χ1) is 28.4. The monoisotopic (exact) mass is 852 g/mol. The van der Waals surface area contributed by atoms with E-state index in [1.165, 1.54) is 0 Å². The van der Waals surface area contributed by atoms with Crippen LogP contribution in [-0.4, -0.2) is 62.0 Å². The molecule has 60 heavy (non-hydrogen) atoms. The average Bonchev–Trinajstić information content (AvgIpc) is 3.41. The van der Waals surface area contributed by atoms with Gasteiger partial charge in [-0.3, -0.25) is 0 Å². The number of sulfone groups is 1. The van der Waals surface area contributed by atoms with Crippen molar-refractivity contribution in [3.05, 3.63) is 118 Å². The predicted molar refractivity (Wildman–Crippen MR) is 212 cm³/mol. The number of anilines is 2. The summed E-state index contributed by atoms with van der Waals surface area (Å²) in [4.78, 5) is 20.9. The largest absolute Gasteiger partial charge is 0.497 e. The minimum Gasteiger partial charge on any atom is -0.497 e. The van der Waals surface area contributed by atoms with E-state index in [-0.39, 0.29) is 24.4 Å². The SMILES string of the molecule is COc1ccc(CN(Cc2ccc(OC)cc2)c2ncccc2[C@@H](C)N2CCOc3nc(-c4c(F)c(C)c(F)c(C)c4C(F)(F)F)c(F)c4nc(S(C)(=O)=O)nc2c34)cc1. The van der Waals surface area contributed by atoms with E-state index in [1.807, 2.05) is 59.5 Å². The second kappa shape index (κ2) is 16.1. The summed E-state index contributed by atoms with van der Waals surface area (Å²) in [6.45, 7) is 4.03. The first-order valence-electron chi connectivity index (χ1n) is 18.4. The van der Waals surface area contributed by atoms with E-state index < -0.39 is 84.0 Å². The lowest BCUT2D eigenvalue weighted by molar-refractivity contribution is -0.137. The number of ether oxygens (including phenoxy) is 3. The third kappa shape index (κ3) is 7.82. The first-order valence-corrected chi connectivity index (χ1v) is 20.3. The molecule has 0 aliphatic carbocycles. The van der Waals surface area contributed by atoms with Crippen molar-refractivity contribution in [3.63, 3.8) is 0 Å². The molecule has 3 aromatic carbocycles. The number of halogens is 6. The zero-order valence-electron chi connectivity index (χ0n) is 33.2. The summed E-state index contributed by atoms with van der Waals surface area (Å²) in [6, 6.07) is 17.9. The van der Waals surface area contributed by atoms with Crippen LogP contribution in [0.3, 0.4) is 0 Å². The molecular formula is C42H38F6N6O5S. The van der Waals surface area contributed by atoms with Gasteiger partial charge in [0.05, 0.1) is 37.9 Å². The minimum atomic E-state index is -5.36. The second-order valence-corrected chi connectivity index (χ2v) is 16.1. The van der Waals surface area contributed by atoms with Gasteiger partial charge in [-0.25, -0.2) is 41.5 Å². The van der Waals surface area contributed by atoms with Gasteiger partial charge in [0, 0.05) is 36.7 Å². The molecule has 6 aromatic rings. The fourth-order valence-corrected chi connectivity index (χ4v) is 7.80. The van der Waals surface area contributed by atoms with Crippen LogP contribution in [0.25, 0.3) is 22.2 Å². The molecule has 1 aliphatic heterocycles. The molecule has 4 heterocycles. The van der Waals surface area contributed by atoms with Gasteiger partial charge in [-0.1, -0.05) is 30.3 Å². The maximum atomic E-state index is 16.9. The Morgan fingerprint density at radius 1 is 0.850 bits per heavy atom. The van der Waals surface area contributed by atoms with Gasteiger partial charge in [0.15, 0.2) is 5.82 Å². The van der Waals surface area contributed by atoms with E-state index in [1.54, 1.807) is 38.3 Å². The van der Waals surface area contributed by atoms with Gasteiger partial charge >= 0.3 is 6.18 Å². The number of methoxy groups -OCH3 is 2. The van der Waals surface area contributed by atoms with Crippen LogP contribution in [-0.2, 0) is 29.1 Å². The van der Waals surface area contributed by atoms with Crippen LogP contribution in [0, 0.1) is 31.3 Å². The van der Waals surface area contributed by atoms with Crippen LogP contribution in [0.1, 0.15) is 46.3 Å². The van der Waals surface area contributed by atoms with Crippen LogP contribution in [0.4, 0.5) is 38.0 Å². The van der Waals surface area contributed by atoms with E-state index in [4.69, 9.17) is 19.2 Å². The molecule has 0 unspecified atom stereocenters. The quantitative estimate of drug-likeness (QED) is 0.0920. The van der Waals surface area contributed by atoms with Gasteiger partial charge < -0.3 is 24.0 Å². The summed E-state index contributed by atoms with van der Waals surface area (Å²) in [5.74, 6) is -3.52. The number of nitrogens with zero attached hydrogens (tertiary/aromatic N) is 6. The maximum Gasteiger partial charge on any atom is 0.417 e. The van der Waals surface area contributed by atoms with Gasteiger partial charge in [0.2, 0.25) is 20.9 Å². The normalized spacial score (nSPS) is 13.5. The average molecular weight is 853 g/mol. The Bertz CT molecular complexity index is 2670. The lowest BCUT2D eigenvalue weighted by atomic mass is 9.93. The molecule has 0 N–H and O–H groups in total. The van der Waals surface area contributed by atoms with Crippen LogP contribution < -0.4 is 24.0 Å². The third-order valence-corrected chi connectivity index (χ3v) is 11.2. The minimum absolute atomic E-state index is 0.0218. The summed E-state index contributed by atoms with van der Waals surface area (Å²) in [5.41, 5.74) is -4.45. The Morgan fingerprint density at radius 2 is 1.45 bits per heavy atom. The van der Waals surface area contributed by atoms with E-state index in [0.29, 0.717) is 36.0 Å². The summed E-state index contributed by atoms with van der Waals surface area (Å²) in [6.07, 6.45) is -2.95. The van der Waals surface area contributed by atoms with Gasteiger partial charge in [0.1, 0.15) is 58.0 Å². The van der Waals surface area contributed by atoms with Crippen molar-refractivity contribution in [2.45, 2.75) is 51.2 Å². The van der Waals surface area contributed by atoms with Crippen LogP contribution in [0.2, 0.25) is 0 Å². The smallest absolute Gasteiger partial charge is 0.417 e. The highest BCUT2D eigenvalue weighted by Gasteiger charge is 2.42. The van der Waals surface area contributed by atoms with E-state index >= 15 is 8.78 Å². The Kier molecular flexibility index (Phi) is 11.3. The van der Waals surface area contributed by atoms with E-state index in [2.05, 4.69) is 15.0 Å². The molecule has 18 heteroatoms. The Hall–Kier alpha value is -6.17. The maximum absolute atomic E-state index is 16.9. The van der Waals surface area contributed by atoms with Crippen LogP contribution >= 0.6 is 0 Å². The van der Waals surface area contributed by atoms with Crippen molar-refractivity contribution in [3.8, 4) is 28.6 Å². The van der Waals surface area contributed by atoms with Gasteiger partial charge in [-0.05, 0) is 67.8 Å². The van der Waals surface area contributed by atoms with Crippen LogP contribution in [0.15, 0.2) is 72.0 Å². The number of hydrogen-bond acceptors (Lipinski definition) is 11. The standard InChI is InChI=1S/C42H38F6N6O5S/c1-22-32(42(46,47)48)30(34(44)23(2)33(22)43)36-35(45)37-31-39(52-41(51-37)60(6,55)56)54(18-19-59-40(31)50-36)24(3)29-8-7-17-49-38(29)53(20-25-9-13-27(57-4)14-10-25)21-26-11-15-28(58-5)16-12-26/h7-17,24H,18-21H2,1-6H3/t24-/m1/s1. The molecular weight excluding hydrogens is 815 g/mol. The highest BCUT2D eigenvalue weighted by molar-refractivity contribution is 7.90. The third-order valence-electron chi connectivity index (χ3n) is 10.3. The van der Waals surface area contributed by atoms with E-state index in [0.717, 1.165) is 31.2 Å². The second-order valence-electron chi connectivity index (χ2n) is 14.2. The van der Waals surface area contributed by atoms with Crippen molar-refractivity contribution in [1.82, 2.24) is 19.9 Å². The number of rotatable bonds is 11. The van der Waals surface area contributed by atoms with Crippen molar-refractivity contribution < 1.29 is 49.0 Å². The highest BCUT2D eigenvalue weighted by Crippen LogP contribution is 2.47. The fourth-order valence-electron chi connectivity index (χ4n) is 7.30. The van der Waals surface area contributed by atoms with Crippen molar-refractivity contribution in [2.24, 2.45) is 0 Å². The number of hydrogen-bond donors (Lipinski definition) is 0. The van der Waals surface area contributed by atoms with Gasteiger partial charge in [-0.15, -0.1) is 0 Å². The first kappa shape index (κ1) is 42.0. The summed E-state index contributed by atoms with van der Waals surface area (Å²) in [5, 5.41) is -1.13. The Balaban J connectivity index is 1.41. The van der Waals surface area contributed by atoms with Gasteiger partial charge in [0.25, 0.3) is 0 Å². The lowest BCUT2D eigenvalue weighted by Gasteiger charge is -2.33. The molecule has 0 saturated heterocycles. The van der Waals surface area contributed by atoms with Crippen molar-refractivity contribution in [2.75, 3.05) is 43.4 Å². The van der Waals surface area contributed by atoms with Gasteiger partial charge in [-0.2, -0.15) is 13.2 Å². The molecule has 1 aliphatic rings. The summed E-state index contributed by atoms with van der Waals surface area (Å²) >= 11 is 0. The zero-order chi connectivity index (χ0) is 43.3. The number of alkyl halides is 3. The van der Waals surface area contributed by atoms with Crippen molar-refractivity contribution in [1.29, 1.82) is 0 Å². The molecule has 11 nitrogen and oxygen atoms in total. The van der Waals surface area contributed by atoms with Crippen LogP contribution in [0.5, 0.6) is 17.4 Å². The van der Waals surface area contributed by atoms with E-state index in [9.17, 15) is 26.0 Å². The summed E-state index contributed by atoms with van der Waals surface area (Å²) in [7, 11) is -1.17. The predicted octanol–water partition coefficient (Wildman–Crippen LogP) is 8.73. The molecule has 3 aromatic heterocycles. The molecule has 0 radical (unpaired) electrons. The zero-order valence-corrected chi connectivity index (χ0v) is 34.0. The molecule has 0 fully saturated rings. The topological polar surface area (TPSA) is 120 Å². The molecule has 0 bridgehead atoms. The number of pyridine rings is 2. The fraction of sp³-hybridized carbons (Fsp3) is 0.286. The molecule has 7 rings (SSSR count). The Labute approximate surface area is 341 Å². The molecule has 1 atom stereocenters. The highest BCUT2D eigenvalue weighted by atomic mass is 32.2. The Morgan fingerprint density at radius 3 is 2.00 bits per heavy atom. The molecule has 314 valence electrons. The molecule has 0 amide bonds. The lowest BCUT2D eigenvalue weighted by Crippen LogP contribution is -2.33. The number of aromatic nitrogens is 4. The molecule has 0 saturated carbocycles. The molecule has 0 spiro atoms. The summed E-state index contributed by atoms with van der Waals surface area (Å²) < 4.78 is 134. The number of benzene rings is 3.